The highest BCUT2D eigenvalue weighted by Gasteiger charge is 2.28. The Bertz CT molecular complexity index is 978. The zero-order chi connectivity index (χ0) is 19.5. The second-order valence-corrected chi connectivity index (χ2v) is 8.10. The van der Waals surface area contributed by atoms with E-state index >= 15 is 0 Å². The van der Waals surface area contributed by atoms with Crippen molar-refractivity contribution in [2.24, 2.45) is 0 Å². The van der Waals surface area contributed by atoms with Crippen LogP contribution in [0.25, 0.3) is 10.9 Å². The molecule has 1 saturated heterocycles. The fraction of sp³-hybridized carbons (Fsp3) is 0.375. The van der Waals surface area contributed by atoms with E-state index in [0.29, 0.717) is 17.5 Å². The lowest BCUT2D eigenvalue weighted by Gasteiger charge is -2.25. The van der Waals surface area contributed by atoms with Crippen molar-refractivity contribution in [3.8, 4) is 0 Å². The van der Waals surface area contributed by atoms with Gasteiger partial charge in [-0.25, -0.2) is 0 Å². The predicted molar refractivity (Wildman–Crippen MR) is 116 cm³/mol. The minimum Gasteiger partial charge on any atom is -0.345 e. The maximum Gasteiger partial charge on any atom is 0.227 e. The molecular formula is C24H27ClN2O. The SMILES string of the molecule is CCn1c(CCC2CCCN2C(=O)Cc2cccc(Cl)c2)cc2ccccc21. The molecule has 2 heterocycles. The Morgan fingerprint density at radius 3 is 2.82 bits per heavy atom. The number of rotatable bonds is 6. The van der Waals surface area contributed by atoms with Gasteiger partial charge in [-0.15, -0.1) is 0 Å². The molecule has 0 N–H and O–H groups in total. The lowest BCUT2D eigenvalue weighted by atomic mass is 10.1. The molecule has 0 saturated carbocycles. The van der Waals surface area contributed by atoms with Gasteiger partial charge >= 0.3 is 0 Å². The average molecular weight is 395 g/mol. The Labute approximate surface area is 171 Å². The first kappa shape index (κ1) is 19.1. The van der Waals surface area contributed by atoms with Crippen LogP contribution in [0.2, 0.25) is 5.02 Å². The summed E-state index contributed by atoms with van der Waals surface area (Å²) in [6.07, 6.45) is 4.67. The first-order chi connectivity index (χ1) is 13.7. The van der Waals surface area contributed by atoms with Crippen LogP contribution in [-0.2, 0) is 24.2 Å². The summed E-state index contributed by atoms with van der Waals surface area (Å²) in [7, 11) is 0. The number of benzene rings is 2. The number of likely N-dealkylation sites (tertiary alicyclic amines) is 1. The number of hydrogen-bond acceptors (Lipinski definition) is 1. The zero-order valence-corrected chi connectivity index (χ0v) is 17.2. The monoisotopic (exact) mass is 394 g/mol. The van der Waals surface area contributed by atoms with Gasteiger partial charge in [-0.05, 0) is 67.8 Å². The molecule has 1 unspecified atom stereocenters. The van der Waals surface area contributed by atoms with Gasteiger partial charge in [0.2, 0.25) is 5.91 Å². The third-order valence-electron chi connectivity index (χ3n) is 5.89. The van der Waals surface area contributed by atoms with Gasteiger partial charge in [0.05, 0.1) is 6.42 Å². The normalized spacial score (nSPS) is 16.8. The Morgan fingerprint density at radius 1 is 1.14 bits per heavy atom. The predicted octanol–water partition coefficient (Wildman–Crippen LogP) is 5.48. The lowest BCUT2D eigenvalue weighted by Crippen LogP contribution is -2.36. The minimum atomic E-state index is 0.223. The summed E-state index contributed by atoms with van der Waals surface area (Å²) in [5.41, 5.74) is 3.67. The van der Waals surface area contributed by atoms with Crippen molar-refractivity contribution in [2.75, 3.05) is 6.54 Å². The van der Waals surface area contributed by atoms with Gasteiger partial charge in [0.25, 0.3) is 0 Å². The van der Waals surface area contributed by atoms with Crippen molar-refractivity contribution < 1.29 is 4.79 Å². The van der Waals surface area contributed by atoms with Crippen molar-refractivity contribution in [1.29, 1.82) is 0 Å². The molecule has 1 aromatic heterocycles. The Kier molecular flexibility index (Phi) is 5.72. The minimum absolute atomic E-state index is 0.223. The molecule has 1 atom stereocenters. The van der Waals surface area contributed by atoms with Gasteiger partial charge in [0.1, 0.15) is 0 Å². The van der Waals surface area contributed by atoms with Crippen molar-refractivity contribution >= 4 is 28.4 Å². The van der Waals surface area contributed by atoms with Crippen LogP contribution < -0.4 is 0 Å². The number of fused-ring (bicyclic) bond motifs is 1. The smallest absolute Gasteiger partial charge is 0.227 e. The quantitative estimate of drug-likeness (QED) is 0.543. The van der Waals surface area contributed by atoms with Crippen LogP contribution in [0.15, 0.2) is 54.6 Å². The van der Waals surface area contributed by atoms with Crippen LogP contribution in [0.3, 0.4) is 0 Å². The number of hydrogen-bond donors (Lipinski definition) is 0. The summed E-state index contributed by atoms with van der Waals surface area (Å²) >= 11 is 6.07. The number of para-hydroxylation sites is 1. The lowest BCUT2D eigenvalue weighted by molar-refractivity contribution is -0.131. The largest absolute Gasteiger partial charge is 0.345 e. The molecule has 1 amide bonds. The molecule has 3 aromatic rings. The van der Waals surface area contributed by atoms with Crippen LogP contribution in [-0.4, -0.2) is 28.0 Å². The molecule has 4 heteroatoms. The molecule has 4 rings (SSSR count). The van der Waals surface area contributed by atoms with Crippen LogP contribution in [0, 0.1) is 0 Å². The summed E-state index contributed by atoms with van der Waals surface area (Å²) in [5.74, 6) is 0.223. The third-order valence-corrected chi connectivity index (χ3v) is 6.12. The van der Waals surface area contributed by atoms with Crippen molar-refractivity contribution in [3.05, 3.63) is 70.9 Å². The third kappa shape index (κ3) is 3.95. The van der Waals surface area contributed by atoms with Gasteiger partial charge < -0.3 is 9.47 Å². The maximum absolute atomic E-state index is 12.9. The van der Waals surface area contributed by atoms with E-state index in [9.17, 15) is 4.79 Å². The van der Waals surface area contributed by atoms with Crippen molar-refractivity contribution in [3.63, 3.8) is 0 Å². The van der Waals surface area contributed by atoms with Gasteiger partial charge in [0.15, 0.2) is 0 Å². The molecule has 2 aromatic carbocycles. The van der Waals surface area contributed by atoms with Gasteiger partial charge in [-0.1, -0.05) is 41.9 Å². The molecule has 1 aliphatic heterocycles. The summed E-state index contributed by atoms with van der Waals surface area (Å²) < 4.78 is 2.41. The van der Waals surface area contributed by atoms with E-state index in [1.54, 1.807) is 0 Å². The molecule has 146 valence electrons. The number of nitrogens with zero attached hydrogens (tertiary/aromatic N) is 2. The first-order valence-electron chi connectivity index (χ1n) is 10.3. The zero-order valence-electron chi connectivity index (χ0n) is 16.4. The number of carbonyl (C=O) groups excluding carboxylic acids is 1. The number of aryl methyl sites for hydroxylation is 2. The number of aromatic nitrogens is 1. The highest BCUT2D eigenvalue weighted by Crippen LogP contribution is 2.26. The maximum atomic E-state index is 12.9. The topological polar surface area (TPSA) is 25.2 Å². The van der Waals surface area contributed by atoms with Crippen LogP contribution in [0.4, 0.5) is 0 Å². The molecule has 0 spiro atoms. The summed E-state index contributed by atoms with van der Waals surface area (Å²) in [6, 6.07) is 18.9. The van der Waals surface area contributed by atoms with E-state index < -0.39 is 0 Å². The number of halogens is 1. The van der Waals surface area contributed by atoms with E-state index in [-0.39, 0.29) is 5.91 Å². The highest BCUT2D eigenvalue weighted by molar-refractivity contribution is 6.30. The Balaban J connectivity index is 1.44. The average Bonchev–Trinajstić information content (AvgIpc) is 3.30. The molecule has 0 bridgehead atoms. The Morgan fingerprint density at radius 2 is 2.00 bits per heavy atom. The standard InChI is InChI=1S/C24H27ClN2O/c1-2-26-22(17-19-8-3-4-11-23(19)26)13-12-21-10-6-14-27(21)24(28)16-18-7-5-9-20(25)15-18/h3-5,7-9,11,15,17,21H,2,6,10,12-14,16H2,1H3. The van der Waals surface area contributed by atoms with E-state index in [2.05, 4.69) is 46.7 Å². The Hall–Kier alpha value is -2.26. The fourth-order valence-corrected chi connectivity index (χ4v) is 4.76. The van der Waals surface area contributed by atoms with Crippen molar-refractivity contribution in [2.45, 2.75) is 51.6 Å². The molecule has 1 aliphatic rings. The van der Waals surface area contributed by atoms with Gasteiger partial charge in [0, 0.05) is 35.4 Å². The molecule has 0 radical (unpaired) electrons. The van der Waals surface area contributed by atoms with Crippen LogP contribution in [0.1, 0.15) is 37.4 Å². The fourth-order valence-electron chi connectivity index (χ4n) is 4.55. The number of amides is 1. The van der Waals surface area contributed by atoms with Gasteiger partial charge in [-0.3, -0.25) is 4.79 Å². The first-order valence-corrected chi connectivity index (χ1v) is 10.6. The highest BCUT2D eigenvalue weighted by atomic mass is 35.5. The summed E-state index contributed by atoms with van der Waals surface area (Å²) in [5, 5.41) is 2.00. The molecular weight excluding hydrogens is 368 g/mol. The van der Waals surface area contributed by atoms with E-state index in [0.717, 1.165) is 44.3 Å². The molecule has 28 heavy (non-hydrogen) atoms. The van der Waals surface area contributed by atoms with Crippen LogP contribution >= 0.6 is 11.6 Å². The molecule has 1 fully saturated rings. The van der Waals surface area contributed by atoms with E-state index in [4.69, 9.17) is 11.6 Å². The summed E-state index contributed by atoms with van der Waals surface area (Å²) in [4.78, 5) is 15.0. The summed E-state index contributed by atoms with van der Waals surface area (Å²) in [6.45, 7) is 4.05. The second-order valence-electron chi connectivity index (χ2n) is 7.67. The number of carbonyl (C=O) groups is 1. The van der Waals surface area contributed by atoms with Gasteiger partial charge in [-0.2, -0.15) is 0 Å². The molecule has 0 aliphatic carbocycles. The van der Waals surface area contributed by atoms with E-state index in [1.165, 1.54) is 16.6 Å². The second kappa shape index (κ2) is 8.40. The van der Waals surface area contributed by atoms with E-state index in [1.807, 2.05) is 24.3 Å². The van der Waals surface area contributed by atoms with Crippen molar-refractivity contribution in [1.82, 2.24) is 9.47 Å². The molecule has 3 nitrogen and oxygen atoms in total. The van der Waals surface area contributed by atoms with Crippen LogP contribution in [0.5, 0.6) is 0 Å².